The Hall–Kier alpha value is -3.00. The summed E-state index contributed by atoms with van der Waals surface area (Å²) in [5.74, 6) is -0.177. The molecule has 0 radical (unpaired) electrons. The van der Waals surface area contributed by atoms with Gasteiger partial charge in [-0.1, -0.05) is 0 Å². The second-order valence-corrected chi connectivity index (χ2v) is 8.32. The van der Waals surface area contributed by atoms with Gasteiger partial charge in [0.15, 0.2) is 0 Å². The van der Waals surface area contributed by atoms with Crippen LogP contribution in [0.25, 0.3) is 10.9 Å². The molecule has 2 N–H and O–H groups in total. The molecule has 3 aliphatic heterocycles. The minimum Gasteiger partial charge on any atom is -0.508 e. The van der Waals surface area contributed by atoms with E-state index in [0.717, 1.165) is 54.3 Å². The zero-order valence-corrected chi connectivity index (χ0v) is 17.1. The monoisotopic (exact) mass is 426 g/mol. The first-order chi connectivity index (χ1) is 15.0. The summed E-state index contributed by atoms with van der Waals surface area (Å²) in [6, 6.07) is 10.2. The number of anilines is 2. The number of nitrogens with zero attached hydrogens (tertiary/aromatic N) is 3. The number of aromatic hydroxyl groups is 1. The van der Waals surface area contributed by atoms with Gasteiger partial charge in [0.25, 0.3) is 6.43 Å². The summed E-state index contributed by atoms with van der Waals surface area (Å²) < 4.78 is 32.1. The van der Waals surface area contributed by atoms with Crippen molar-refractivity contribution >= 4 is 22.3 Å². The Kier molecular flexibility index (Phi) is 5.09. The fraction of sp³-hybridized carbons (Fsp3) is 0.391. The highest BCUT2D eigenvalue weighted by Gasteiger charge is 2.34. The van der Waals surface area contributed by atoms with Gasteiger partial charge in [0.1, 0.15) is 5.75 Å². The van der Waals surface area contributed by atoms with Crippen LogP contribution in [-0.4, -0.2) is 40.6 Å². The Morgan fingerprint density at radius 1 is 1.16 bits per heavy atom. The summed E-state index contributed by atoms with van der Waals surface area (Å²) in [6.07, 6.45) is 1.51. The average Bonchev–Trinajstić information content (AvgIpc) is 2.79. The van der Waals surface area contributed by atoms with E-state index in [1.54, 1.807) is 6.20 Å². The van der Waals surface area contributed by atoms with Crippen LogP contribution < -0.4 is 10.2 Å². The molecule has 31 heavy (non-hydrogen) atoms. The summed E-state index contributed by atoms with van der Waals surface area (Å²) in [7, 11) is 0. The van der Waals surface area contributed by atoms with Gasteiger partial charge in [-0.15, -0.1) is 0 Å². The van der Waals surface area contributed by atoms with Crippen molar-refractivity contribution < 1.29 is 18.6 Å². The molecule has 162 valence electrons. The highest BCUT2D eigenvalue weighted by Crippen LogP contribution is 2.35. The third kappa shape index (κ3) is 3.87. The van der Waals surface area contributed by atoms with E-state index in [9.17, 15) is 13.9 Å². The van der Waals surface area contributed by atoms with Crippen LogP contribution in [0.3, 0.4) is 0 Å². The highest BCUT2D eigenvalue weighted by molar-refractivity contribution is 5.93. The standard InChI is InChI=1S/C23H24F2N4O2/c1-13(14-6-15(23(24)25)8-18(30)7-14)27-22-10-26-28-21-5-3-16(9-20(21)22)29-11-19-4-2-17(29)12-31-19/h3,5-10,13,17,19,23,30H,2,4,11-12H2,1H3,(H,27,28)/t13-,17?,19?/m1/s1. The summed E-state index contributed by atoms with van der Waals surface area (Å²) >= 11 is 0. The van der Waals surface area contributed by atoms with Crippen molar-refractivity contribution in [3.05, 3.63) is 53.7 Å². The predicted octanol–water partition coefficient (Wildman–Crippen LogP) is 4.81. The lowest BCUT2D eigenvalue weighted by molar-refractivity contribution is -0.0225. The van der Waals surface area contributed by atoms with E-state index in [4.69, 9.17) is 4.74 Å². The topological polar surface area (TPSA) is 70.5 Å². The van der Waals surface area contributed by atoms with Gasteiger partial charge in [0.2, 0.25) is 0 Å². The number of halogens is 2. The van der Waals surface area contributed by atoms with Gasteiger partial charge in [0, 0.05) is 29.2 Å². The van der Waals surface area contributed by atoms with Crippen LogP contribution in [0.1, 0.15) is 43.4 Å². The molecule has 0 aliphatic carbocycles. The number of piperidine rings is 1. The van der Waals surface area contributed by atoms with Crippen molar-refractivity contribution in [2.24, 2.45) is 0 Å². The first-order valence-electron chi connectivity index (χ1n) is 10.5. The van der Waals surface area contributed by atoms with E-state index < -0.39 is 6.43 Å². The Morgan fingerprint density at radius 2 is 2.00 bits per heavy atom. The van der Waals surface area contributed by atoms with Crippen LogP contribution in [0.2, 0.25) is 0 Å². The zero-order valence-electron chi connectivity index (χ0n) is 17.1. The molecule has 2 bridgehead atoms. The SMILES string of the molecule is C[C@@H](Nc1cnnc2ccc(N3CC4CCC3CO4)cc12)c1cc(O)cc(C(F)F)c1. The lowest BCUT2D eigenvalue weighted by atomic mass is 9.96. The molecule has 2 unspecified atom stereocenters. The van der Waals surface area contributed by atoms with Crippen LogP contribution in [0, 0.1) is 0 Å². The van der Waals surface area contributed by atoms with Gasteiger partial charge < -0.3 is 20.1 Å². The molecule has 2 aromatic carbocycles. The molecule has 0 spiro atoms. The van der Waals surface area contributed by atoms with Gasteiger partial charge in [-0.25, -0.2) is 8.78 Å². The van der Waals surface area contributed by atoms with Gasteiger partial charge in [0.05, 0.1) is 36.2 Å². The average molecular weight is 426 g/mol. The Balaban J connectivity index is 1.46. The molecular formula is C23H24F2N4O2. The van der Waals surface area contributed by atoms with Crippen molar-refractivity contribution in [3.63, 3.8) is 0 Å². The molecular weight excluding hydrogens is 402 g/mol. The molecule has 1 aromatic heterocycles. The fourth-order valence-corrected chi connectivity index (χ4v) is 4.56. The van der Waals surface area contributed by atoms with Crippen LogP contribution in [-0.2, 0) is 4.74 Å². The third-order valence-corrected chi connectivity index (χ3v) is 6.23. The van der Waals surface area contributed by atoms with Crippen LogP contribution >= 0.6 is 0 Å². The Morgan fingerprint density at radius 3 is 2.71 bits per heavy atom. The number of fused-ring (bicyclic) bond motifs is 4. The van der Waals surface area contributed by atoms with Gasteiger partial charge in [-0.2, -0.15) is 10.2 Å². The maximum Gasteiger partial charge on any atom is 0.263 e. The van der Waals surface area contributed by atoms with E-state index in [2.05, 4.69) is 32.5 Å². The van der Waals surface area contributed by atoms with E-state index in [0.29, 0.717) is 11.6 Å². The molecule has 3 aliphatic rings. The number of hydrogen-bond acceptors (Lipinski definition) is 6. The van der Waals surface area contributed by atoms with E-state index in [1.807, 2.05) is 13.0 Å². The molecule has 3 aromatic rings. The first kappa shape index (κ1) is 19.9. The van der Waals surface area contributed by atoms with Crippen LogP contribution in [0.15, 0.2) is 42.6 Å². The minimum absolute atomic E-state index is 0.177. The van der Waals surface area contributed by atoms with Crippen molar-refractivity contribution in [1.82, 2.24) is 10.2 Å². The smallest absolute Gasteiger partial charge is 0.263 e. The Bertz CT molecular complexity index is 1100. The lowest BCUT2D eigenvalue weighted by Gasteiger charge is -2.46. The first-order valence-corrected chi connectivity index (χ1v) is 10.5. The highest BCUT2D eigenvalue weighted by atomic mass is 19.3. The summed E-state index contributed by atoms with van der Waals surface area (Å²) in [5.41, 5.74) is 3.00. The normalized spacial score (nSPS) is 21.6. The summed E-state index contributed by atoms with van der Waals surface area (Å²) in [5, 5.41) is 22.5. The quantitative estimate of drug-likeness (QED) is 0.610. The van der Waals surface area contributed by atoms with Gasteiger partial charge >= 0.3 is 0 Å². The number of alkyl halides is 2. The number of nitrogens with one attached hydrogen (secondary N) is 1. The third-order valence-electron chi connectivity index (χ3n) is 6.23. The molecule has 8 heteroatoms. The maximum absolute atomic E-state index is 13.1. The molecule has 6 nitrogen and oxygen atoms in total. The number of hydrogen-bond donors (Lipinski definition) is 2. The van der Waals surface area contributed by atoms with Crippen molar-refractivity contribution in [2.75, 3.05) is 23.4 Å². The molecule has 3 fully saturated rings. The molecule has 3 saturated heterocycles. The molecule has 0 saturated carbocycles. The Labute approximate surface area is 178 Å². The molecule has 4 heterocycles. The lowest BCUT2D eigenvalue weighted by Crippen LogP contribution is -2.54. The second kappa shape index (κ2) is 7.92. The minimum atomic E-state index is -2.65. The molecule has 6 rings (SSSR count). The van der Waals surface area contributed by atoms with Gasteiger partial charge in [-0.3, -0.25) is 0 Å². The van der Waals surface area contributed by atoms with E-state index in [-0.39, 0.29) is 23.5 Å². The summed E-state index contributed by atoms with van der Waals surface area (Å²) in [6.45, 7) is 3.50. The largest absolute Gasteiger partial charge is 0.508 e. The number of ether oxygens (including phenoxy) is 1. The number of phenols is 1. The zero-order chi connectivity index (χ0) is 21.5. The number of aromatic nitrogens is 2. The second-order valence-electron chi connectivity index (χ2n) is 8.32. The van der Waals surface area contributed by atoms with Crippen molar-refractivity contribution in [3.8, 4) is 5.75 Å². The number of morpholine rings is 1. The number of rotatable bonds is 5. The van der Waals surface area contributed by atoms with E-state index >= 15 is 0 Å². The van der Waals surface area contributed by atoms with Gasteiger partial charge in [-0.05, 0) is 61.7 Å². The van der Waals surface area contributed by atoms with E-state index in [1.165, 1.54) is 12.1 Å². The maximum atomic E-state index is 13.1. The molecule has 3 atom stereocenters. The fourth-order valence-electron chi connectivity index (χ4n) is 4.56. The molecule has 0 amide bonds. The summed E-state index contributed by atoms with van der Waals surface area (Å²) in [4.78, 5) is 2.40. The van der Waals surface area contributed by atoms with Crippen molar-refractivity contribution in [2.45, 2.75) is 44.4 Å². The number of phenolic OH excluding ortho intramolecular Hbond substituents is 1. The van der Waals surface area contributed by atoms with Crippen LogP contribution in [0.5, 0.6) is 5.75 Å². The van der Waals surface area contributed by atoms with Crippen LogP contribution in [0.4, 0.5) is 20.2 Å². The number of benzene rings is 2. The van der Waals surface area contributed by atoms with Crippen molar-refractivity contribution in [1.29, 1.82) is 0 Å². The predicted molar refractivity (Wildman–Crippen MR) is 115 cm³/mol.